The van der Waals surface area contributed by atoms with Gasteiger partial charge in [0.1, 0.15) is 0 Å². The van der Waals surface area contributed by atoms with Gasteiger partial charge in [-0.05, 0) is 5.16 Å². The first-order valence-electron chi connectivity index (χ1n) is 2.52. The zero-order valence-corrected chi connectivity index (χ0v) is 5.55. The molecule has 0 aromatic carbocycles. The van der Waals surface area contributed by atoms with Crippen molar-refractivity contribution in [2.45, 2.75) is 0 Å². The summed E-state index contributed by atoms with van der Waals surface area (Å²) < 4.78 is 25.9. The van der Waals surface area contributed by atoms with Gasteiger partial charge in [0.05, 0.1) is 14.2 Å². The van der Waals surface area contributed by atoms with Gasteiger partial charge in [0.25, 0.3) is 11.7 Å². The number of hydrogen-bond acceptors (Lipinski definition) is 4. The van der Waals surface area contributed by atoms with E-state index in [0.29, 0.717) is 0 Å². The van der Waals surface area contributed by atoms with E-state index in [1.54, 1.807) is 0 Å². The molecule has 0 aliphatic carbocycles. The third-order valence-corrected chi connectivity index (χ3v) is 0.957. The second-order valence-corrected chi connectivity index (χ2v) is 1.50. The summed E-state index contributed by atoms with van der Waals surface area (Å²) in [6.07, 6.45) is 0. The summed E-state index contributed by atoms with van der Waals surface area (Å²) in [7, 11) is 2.57. The topological polar surface area (TPSA) is 44.5 Å². The lowest BCUT2D eigenvalue weighted by Gasteiger charge is -1.89. The van der Waals surface area contributed by atoms with Crippen LogP contribution in [0.15, 0.2) is 4.52 Å². The molecule has 1 rings (SSSR count). The SMILES string of the molecule is COc1noc(OC)c1F. The second-order valence-electron chi connectivity index (χ2n) is 1.50. The molecule has 0 amide bonds. The fourth-order valence-electron chi connectivity index (χ4n) is 0.504. The van der Waals surface area contributed by atoms with E-state index in [0.717, 1.165) is 0 Å². The van der Waals surface area contributed by atoms with Crippen LogP contribution in [0, 0.1) is 5.82 Å². The van der Waals surface area contributed by atoms with Crippen molar-refractivity contribution in [3.8, 4) is 11.8 Å². The molecule has 0 atom stereocenters. The van der Waals surface area contributed by atoms with Crippen molar-refractivity contribution in [1.82, 2.24) is 5.16 Å². The van der Waals surface area contributed by atoms with Gasteiger partial charge in [-0.2, -0.15) is 4.39 Å². The van der Waals surface area contributed by atoms with Crippen molar-refractivity contribution < 1.29 is 18.4 Å². The van der Waals surface area contributed by atoms with Gasteiger partial charge in [-0.15, -0.1) is 0 Å². The predicted octanol–water partition coefficient (Wildman–Crippen LogP) is 0.831. The highest BCUT2D eigenvalue weighted by atomic mass is 19.1. The Balaban J connectivity index is 2.97. The number of nitrogens with zero attached hydrogens (tertiary/aromatic N) is 1. The van der Waals surface area contributed by atoms with Crippen molar-refractivity contribution in [3.05, 3.63) is 5.82 Å². The molecule has 0 aliphatic heterocycles. The van der Waals surface area contributed by atoms with E-state index in [1.165, 1.54) is 14.2 Å². The van der Waals surface area contributed by atoms with Crippen molar-refractivity contribution >= 4 is 0 Å². The summed E-state index contributed by atoms with van der Waals surface area (Å²) in [4.78, 5) is 0. The minimum atomic E-state index is -0.718. The number of ether oxygens (including phenoxy) is 2. The molecule has 5 heteroatoms. The monoisotopic (exact) mass is 147 g/mol. The quantitative estimate of drug-likeness (QED) is 0.621. The van der Waals surface area contributed by atoms with E-state index < -0.39 is 5.82 Å². The zero-order valence-electron chi connectivity index (χ0n) is 5.55. The third kappa shape index (κ3) is 0.896. The van der Waals surface area contributed by atoms with Crippen molar-refractivity contribution in [2.75, 3.05) is 14.2 Å². The molecule has 0 N–H and O–H groups in total. The molecule has 0 spiro atoms. The normalized spacial score (nSPS) is 9.50. The highest BCUT2D eigenvalue weighted by molar-refractivity contribution is 5.18. The zero-order chi connectivity index (χ0) is 7.56. The molecule has 10 heavy (non-hydrogen) atoms. The number of rotatable bonds is 2. The average molecular weight is 147 g/mol. The molecular formula is C5H6FNO3. The van der Waals surface area contributed by atoms with Gasteiger partial charge < -0.3 is 14.0 Å². The van der Waals surface area contributed by atoms with Crippen LogP contribution in [0.25, 0.3) is 0 Å². The second kappa shape index (κ2) is 2.55. The van der Waals surface area contributed by atoms with E-state index >= 15 is 0 Å². The number of methoxy groups -OCH3 is 2. The van der Waals surface area contributed by atoms with Gasteiger partial charge in [-0.1, -0.05) is 0 Å². The molecule has 0 aliphatic rings. The van der Waals surface area contributed by atoms with E-state index in [9.17, 15) is 4.39 Å². The minimum absolute atomic E-state index is 0.197. The highest BCUT2D eigenvalue weighted by Crippen LogP contribution is 2.24. The van der Waals surface area contributed by atoms with E-state index in [-0.39, 0.29) is 11.8 Å². The number of halogens is 1. The molecule has 1 aromatic heterocycles. The molecule has 0 radical (unpaired) electrons. The van der Waals surface area contributed by atoms with E-state index in [1.807, 2.05) is 0 Å². The van der Waals surface area contributed by atoms with Gasteiger partial charge in [-0.3, -0.25) is 0 Å². The van der Waals surface area contributed by atoms with Gasteiger partial charge in [0.2, 0.25) is 0 Å². The van der Waals surface area contributed by atoms with Crippen LogP contribution in [0.2, 0.25) is 0 Å². The molecule has 4 nitrogen and oxygen atoms in total. The lowest BCUT2D eigenvalue weighted by molar-refractivity contribution is 0.245. The van der Waals surface area contributed by atoms with Gasteiger partial charge in [-0.25, -0.2) is 0 Å². The lowest BCUT2D eigenvalue weighted by Crippen LogP contribution is -1.86. The maximum absolute atomic E-state index is 12.6. The maximum Gasteiger partial charge on any atom is 0.351 e. The fraction of sp³-hybridized carbons (Fsp3) is 0.400. The third-order valence-electron chi connectivity index (χ3n) is 0.957. The Morgan fingerprint density at radius 2 is 2.10 bits per heavy atom. The first kappa shape index (κ1) is 6.85. The summed E-state index contributed by atoms with van der Waals surface area (Å²) in [5.74, 6) is -1.18. The largest absolute Gasteiger partial charge is 0.477 e. The molecule has 0 unspecified atom stereocenters. The Hall–Kier alpha value is -1.26. The van der Waals surface area contributed by atoms with E-state index in [4.69, 9.17) is 0 Å². The standard InChI is InChI=1S/C5H6FNO3/c1-8-4-3(6)5(9-2)10-7-4/h1-2H3. The molecule has 56 valence electrons. The average Bonchev–Trinajstić information content (AvgIpc) is 2.30. The Kier molecular flexibility index (Phi) is 1.75. The van der Waals surface area contributed by atoms with Gasteiger partial charge >= 0.3 is 5.95 Å². The van der Waals surface area contributed by atoms with Crippen LogP contribution < -0.4 is 9.47 Å². The first-order chi connectivity index (χ1) is 4.79. The van der Waals surface area contributed by atoms with Gasteiger partial charge in [0.15, 0.2) is 0 Å². The molecule has 0 saturated carbocycles. The summed E-state index contributed by atoms with van der Waals surface area (Å²) in [6.45, 7) is 0. The number of aromatic nitrogens is 1. The summed E-state index contributed by atoms with van der Waals surface area (Å²) in [5.41, 5.74) is 0. The van der Waals surface area contributed by atoms with E-state index in [2.05, 4.69) is 19.2 Å². The van der Waals surface area contributed by atoms with Crippen LogP contribution in [-0.2, 0) is 0 Å². The Morgan fingerprint density at radius 3 is 2.40 bits per heavy atom. The Morgan fingerprint density at radius 1 is 1.40 bits per heavy atom. The predicted molar refractivity (Wildman–Crippen MR) is 29.6 cm³/mol. The molecular weight excluding hydrogens is 141 g/mol. The maximum atomic E-state index is 12.6. The number of hydrogen-bond donors (Lipinski definition) is 0. The summed E-state index contributed by atoms with van der Waals surface area (Å²) >= 11 is 0. The van der Waals surface area contributed by atoms with Crippen LogP contribution in [-0.4, -0.2) is 19.4 Å². The molecule has 1 aromatic rings. The smallest absolute Gasteiger partial charge is 0.351 e. The first-order valence-corrected chi connectivity index (χ1v) is 2.52. The van der Waals surface area contributed by atoms with Gasteiger partial charge in [0, 0.05) is 0 Å². The summed E-state index contributed by atoms with van der Waals surface area (Å²) in [5, 5.41) is 3.21. The van der Waals surface area contributed by atoms with Crippen LogP contribution in [0.3, 0.4) is 0 Å². The molecule has 0 saturated heterocycles. The van der Waals surface area contributed by atoms with Crippen LogP contribution >= 0.6 is 0 Å². The minimum Gasteiger partial charge on any atom is -0.477 e. The Labute approximate surface area is 56.5 Å². The van der Waals surface area contributed by atoms with Crippen LogP contribution in [0.1, 0.15) is 0 Å². The van der Waals surface area contributed by atoms with Crippen molar-refractivity contribution in [2.24, 2.45) is 0 Å². The summed E-state index contributed by atoms with van der Waals surface area (Å²) in [6, 6.07) is 0. The highest BCUT2D eigenvalue weighted by Gasteiger charge is 2.16. The molecule has 0 bridgehead atoms. The fourth-order valence-corrected chi connectivity index (χ4v) is 0.504. The van der Waals surface area contributed by atoms with Crippen molar-refractivity contribution in [3.63, 3.8) is 0 Å². The lowest BCUT2D eigenvalue weighted by atomic mass is 10.6. The van der Waals surface area contributed by atoms with Crippen LogP contribution in [0.4, 0.5) is 4.39 Å². The van der Waals surface area contributed by atoms with Crippen LogP contribution in [0.5, 0.6) is 11.8 Å². The molecule has 0 fully saturated rings. The van der Waals surface area contributed by atoms with Crippen molar-refractivity contribution in [1.29, 1.82) is 0 Å². The molecule has 1 heterocycles. The Bertz CT molecular complexity index is 201.